The minimum absolute atomic E-state index is 0.163. The van der Waals surface area contributed by atoms with Gasteiger partial charge < -0.3 is 5.32 Å². The number of thioether (sulfide) groups is 1. The third-order valence-electron chi connectivity index (χ3n) is 2.67. The summed E-state index contributed by atoms with van der Waals surface area (Å²) in [4.78, 5) is 11.7. The van der Waals surface area contributed by atoms with E-state index in [2.05, 4.69) is 29.6 Å². The highest BCUT2D eigenvalue weighted by Crippen LogP contribution is 2.18. The van der Waals surface area contributed by atoms with Crippen LogP contribution in [0.4, 0.5) is 10.6 Å². The molecular formula is C12H22N4OS. The van der Waals surface area contributed by atoms with Crippen molar-refractivity contribution in [2.45, 2.75) is 27.2 Å². The van der Waals surface area contributed by atoms with E-state index in [9.17, 15) is 4.79 Å². The van der Waals surface area contributed by atoms with Crippen LogP contribution in [0.25, 0.3) is 0 Å². The van der Waals surface area contributed by atoms with Crippen molar-refractivity contribution in [1.82, 2.24) is 15.1 Å². The molecule has 0 spiro atoms. The van der Waals surface area contributed by atoms with Crippen molar-refractivity contribution in [3.63, 3.8) is 0 Å². The van der Waals surface area contributed by atoms with Gasteiger partial charge in [-0.2, -0.15) is 16.9 Å². The summed E-state index contributed by atoms with van der Waals surface area (Å²) in [7, 11) is 1.84. The second-order valence-electron chi connectivity index (χ2n) is 3.97. The molecule has 102 valence electrons. The Hall–Kier alpha value is -1.17. The Bertz CT molecular complexity index is 403. The molecule has 1 heterocycles. The molecule has 0 bridgehead atoms. The Balaban J connectivity index is 2.54. The van der Waals surface area contributed by atoms with E-state index in [-0.39, 0.29) is 6.03 Å². The number of anilines is 1. The van der Waals surface area contributed by atoms with Crippen molar-refractivity contribution >= 4 is 23.6 Å². The second-order valence-corrected chi connectivity index (χ2v) is 5.36. The van der Waals surface area contributed by atoms with Crippen LogP contribution in [0.2, 0.25) is 0 Å². The normalized spacial score (nSPS) is 10.4. The van der Waals surface area contributed by atoms with Gasteiger partial charge in [-0.3, -0.25) is 10.00 Å². The third-order valence-corrected chi connectivity index (χ3v) is 3.57. The van der Waals surface area contributed by atoms with Crippen molar-refractivity contribution in [2.75, 3.05) is 23.4 Å². The molecule has 0 aromatic carbocycles. The molecule has 0 unspecified atom stereocenters. The molecule has 0 aliphatic heterocycles. The molecule has 5 nitrogen and oxygen atoms in total. The maximum absolute atomic E-state index is 11.7. The maximum atomic E-state index is 11.7. The molecular weight excluding hydrogens is 248 g/mol. The van der Waals surface area contributed by atoms with E-state index in [0.29, 0.717) is 6.54 Å². The monoisotopic (exact) mass is 270 g/mol. The van der Waals surface area contributed by atoms with Gasteiger partial charge in [0.25, 0.3) is 0 Å². The summed E-state index contributed by atoms with van der Waals surface area (Å²) >= 11 is 1.81. The van der Waals surface area contributed by atoms with Gasteiger partial charge in [0, 0.05) is 24.9 Å². The molecule has 0 radical (unpaired) electrons. The van der Waals surface area contributed by atoms with Gasteiger partial charge in [-0.1, -0.05) is 13.8 Å². The Labute approximate surface area is 113 Å². The van der Waals surface area contributed by atoms with Crippen molar-refractivity contribution in [3.8, 4) is 0 Å². The quantitative estimate of drug-likeness (QED) is 0.779. The highest BCUT2D eigenvalue weighted by molar-refractivity contribution is 7.99. The Morgan fingerprint density at radius 2 is 2.17 bits per heavy atom. The van der Waals surface area contributed by atoms with Crippen LogP contribution in [0.5, 0.6) is 0 Å². The molecule has 0 saturated carbocycles. The molecule has 1 aromatic rings. The van der Waals surface area contributed by atoms with E-state index in [1.54, 1.807) is 4.68 Å². The Kier molecular flexibility index (Phi) is 6.04. The molecule has 2 N–H and O–H groups in total. The summed E-state index contributed by atoms with van der Waals surface area (Å²) in [6, 6.07) is -0.163. The molecule has 18 heavy (non-hydrogen) atoms. The van der Waals surface area contributed by atoms with Gasteiger partial charge in [0.15, 0.2) is 0 Å². The van der Waals surface area contributed by atoms with Crippen LogP contribution < -0.4 is 10.6 Å². The summed E-state index contributed by atoms with van der Waals surface area (Å²) in [5.41, 5.74) is 2.06. The minimum Gasteiger partial charge on any atom is -0.337 e. The lowest BCUT2D eigenvalue weighted by atomic mass is 10.2. The van der Waals surface area contributed by atoms with Gasteiger partial charge in [0.1, 0.15) is 5.82 Å². The van der Waals surface area contributed by atoms with Crippen LogP contribution in [0.1, 0.15) is 25.1 Å². The molecule has 6 heteroatoms. The zero-order chi connectivity index (χ0) is 13.5. The molecule has 1 rings (SSSR count). The molecule has 2 amide bonds. The molecule has 1 aromatic heterocycles. The lowest BCUT2D eigenvalue weighted by molar-refractivity contribution is 0.252. The highest BCUT2D eigenvalue weighted by Gasteiger charge is 2.13. The number of rotatable bonds is 6. The van der Waals surface area contributed by atoms with Crippen molar-refractivity contribution < 1.29 is 4.79 Å². The van der Waals surface area contributed by atoms with Gasteiger partial charge in [0.2, 0.25) is 0 Å². The van der Waals surface area contributed by atoms with Crippen LogP contribution >= 0.6 is 11.8 Å². The number of hydrogen-bond acceptors (Lipinski definition) is 3. The van der Waals surface area contributed by atoms with E-state index in [1.165, 1.54) is 0 Å². The smallest absolute Gasteiger partial charge is 0.320 e. The van der Waals surface area contributed by atoms with E-state index >= 15 is 0 Å². The number of urea groups is 1. The zero-order valence-electron chi connectivity index (χ0n) is 11.5. The van der Waals surface area contributed by atoms with Crippen LogP contribution in [-0.2, 0) is 13.5 Å². The number of nitrogens with one attached hydrogen (secondary N) is 2. The highest BCUT2D eigenvalue weighted by atomic mass is 32.2. The Morgan fingerprint density at radius 1 is 1.44 bits per heavy atom. The number of amides is 2. The molecule has 0 fully saturated rings. The molecule has 0 aliphatic rings. The van der Waals surface area contributed by atoms with E-state index in [0.717, 1.165) is 35.0 Å². The number of nitrogens with zero attached hydrogens (tertiary/aromatic N) is 2. The van der Waals surface area contributed by atoms with Crippen LogP contribution in [0.15, 0.2) is 0 Å². The third kappa shape index (κ3) is 3.94. The van der Waals surface area contributed by atoms with Gasteiger partial charge >= 0.3 is 6.03 Å². The summed E-state index contributed by atoms with van der Waals surface area (Å²) < 4.78 is 1.72. The second kappa shape index (κ2) is 7.31. The van der Waals surface area contributed by atoms with Crippen molar-refractivity contribution in [2.24, 2.45) is 7.05 Å². The first-order valence-corrected chi connectivity index (χ1v) is 7.40. The summed E-state index contributed by atoms with van der Waals surface area (Å²) in [6.45, 7) is 6.81. The molecule has 0 saturated heterocycles. The minimum atomic E-state index is -0.163. The number of aryl methyl sites for hydroxylation is 2. The first-order valence-electron chi connectivity index (χ1n) is 6.25. The van der Waals surface area contributed by atoms with Gasteiger partial charge in [0.05, 0.1) is 5.69 Å². The lowest BCUT2D eigenvalue weighted by Gasteiger charge is -2.09. The maximum Gasteiger partial charge on any atom is 0.320 e. The van der Waals surface area contributed by atoms with E-state index in [1.807, 2.05) is 25.7 Å². The predicted molar refractivity (Wildman–Crippen MR) is 77.3 cm³/mol. The average Bonchev–Trinajstić information content (AvgIpc) is 2.59. The first-order chi connectivity index (χ1) is 8.60. The molecule has 0 aliphatic carbocycles. The number of carbonyl (C=O) groups excluding carboxylic acids is 1. The first kappa shape index (κ1) is 14.9. The standard InChI is InChI=1S/C12H22N4OS/c1-5-10-9(3)15-16(4)11(10)14-12(17)13-7-8-18-6-2/h5-8H2,1-4H3,(H2,13,14,17). The van der Waals surface area contributed by atoms with Gasteiger partial charge in [-0.25, -0.2) is 4.79 Å². The SMILES string of the molecule is CCSCCNC(=O)Nc1c(CC)c(C)nn1C. The Morgan fingerprint density at radius 3 is 2.78 bits per heavy atom. The summed E-state index contributed by atoms with van der Waals surface area (Å²) in [5.74, 6) is 2.80. The number of hydrogen-bond donors (Lipinski definition) is 2. The topological polar surface area (TPSA) is 59.0 Å². The van der Waals surface area contributed by atoms with E-state index in [4.69, 9.17) is 0 Å². The fourth-order valence-corrected chi connectivity index (χ4v) is 2.35. The lowest BCUT2D eigenvalue weighted by Crippen LogP contribution is -2.31. The van der Waals surface area contributed by atoms with Gasteiger partial charge in [-0.15, -0.1) is 0 Å². The van der Waals surface area contributed by atoms with Crippen molar-refractivity contribution in [1.29, 1.82) is 0 Å². The largest absolute Gasteiger partial charge is 0.337 e. The van der Waals surface area contributed by atoms with Crippen molar-refractivity contribution in [3.05, 3.63) is 11.3 Å². The summed E-state index contributed by atoms with van der Waals surface area (Å²) in [5, 5.41) is 10.0. The fourth-order valence-electron chi connectivity index (χ4n) is 1.81. The summed E-state index contributed by atoms with van der Waals surface area (Å²) in [6.07, 6.45) is 0.862. The zero-order valence-corrected chi connectivity index (χ0v) is 12.4. The fraction of sp³-hybridized carbons (Fsp3) is 0.667. The number of aromatic nitrogens is 2. The van der Waals surface area contributed by atoms with E-state index < -0.39 is 0 Å². The predicted octanol–water partition coefficient (Wildman–Crippen LogP) is 2.17. The van der Waals surface area contributed by atoms with Crippen LogP contribution in [0.3, 0.4) is 0 Å². The van der Waals surface area contributed by atoms with Gasteiger partial charge in [-0.05, 0) is 19.1 Å². The van der Waals surface area contributed by atoms with Crippen LogP contribution in [0, 0.1) is 6.92 Å². The molecule has 0 atom stereocenters. The number of carbonyl (C=O) groups is 1. The van der Waals surface area contributed by atoms with Crippen LogP contribution in [-0.4, -0.2) is 33.9 Å². The average molecular weight is 270 g/mol.